The molecule has 0 aliphatic heterocycles. The SMILES string of the molecule is CCCCCn1c(C)c(C)c2cc(C(=O)O)ccc21. The Hall–Kier alpha value is -1.77. The van der Waals surface area contributed by atoms with Crippen LogP contribution in [0.1, 0.15) is 47.8 Å². The van der Waals surface area contributed by atoms with Crippen molar-refractivity contribution in [2.45, 2.75) is 46.6 Å². The van der Waals surface area contributed by atoms with E-state index in [1.807, 2.05) is 6.07 Å². The Bertz CT molecular complexity index is 611. The number of benzene rings is 1. The summed E-state index contributed by atoms with van der Waals surface area (Å²) in [7, 11) is 0. The normalized spacial score (nSPS) is 11.1. The molecule has 19 heavy (non-hydrogen) atoms. The Morgan fingerprint density at radius 2 is 2.00 bits per heavy atom. The van der Waals surface area contributed by atoms with Gasteiger partial charge in [0.15, 0.2) is 0 Å². The minimum absolute atomic E-state index is 0.362. The number of carboxylic acid groups (broad SMARTS) is 1. The van der Waals surface area contributed by atoms with E-state index in [1.54, 1.807) is 12.1 Å². The van der Waals surface area contributed by atoms with Crippen molar-refractivity contribution in [2.75, 3.05) is 0 Å². The maximum Gasteiger partial charge on any atom is 0.335 e. The molecule has 0 bridgehead atoms. The van der Waals surface area contributed by atoms with Crippen LogP contribution in [-0.4, -0.2) is 15.6 Å². The van der Waals surface area contributed by atoms with Crippen molar-refractivity contribution in [3.05, 3.63) is 35.0 Å². The molecule has 1 aromatic carbocycles. The molecule has 0 amide bonds. The molecule has 102 valence electrons. The van der Waals surface area contributed by atoms with E-state index in [2.05, 4.69) is 25.3 Å². The number of carbonyl (C=O) groups is 1. The molecule has 2 rings (SSSR count). The van der Waals surface area contributed by atoms with Crippen molar-refractivity contribution in [3.63, 3.8) is 0 Å². The van der Waals surface area contributed by atoms with E-state index in [1.165, 1.54) is 30.5 Å². The highest BCUT2D eigenvalue weighted by atomic mass is 16.4. The summed E-state index contributed by atoms with van der Waals surface area (Å²) in [6, 6.07) is 5.42. The van der Waals surface area contributed by atoms with Crippen LogP contribution in [0.3, 0.4) is 0 Å². The minimum Gasteiger partial charge on any atom is -0.478 e. The number of carboxylic acids is 1. The molecular formula is C16H21NO2. The number of aromatic carboxylic acids is 1. The van der Waals surface area contributed by atoms with Crippen molar-refractivity contribution in [2.24, 2.45) is 0 Å². The Morgan fingerprint density at radius 1 is 1.26 bits per heavy atom. The van der Waals surface area contributed by atoms with E-state index >= 15 is 0 Å². The highest BCUT2D eigenvalue weighted by molar-refractivity contribution is 5.95. The molecule has 0 fully saturated rings. The summed E-state index contributed by atoms with van der Waals surface area (Å²) in [5, 5.41) is 10.1. The molecule has 0 saturated carbocycles. The number of fused-ring (bicyclic) bond motifs is 1. The molecule has 1 aromatic heterocycles. The topological polar surface area (TPSA) is 42.2 Å². The molecule has 0 saturated heterocycles. The average molecular weight is 259 g/mol. The smallest absolute Gasteiger partial charge is 0.335 e. The molecule has 0 unspecified atom stereocenters. The second kappa shape index (κ2) is 5.47. The van der Waals surface area contributed by atoms with E-state index in [0.717, 1.165) is 17.4 Å². The zero-order chi connectivity index (χ0) is 14.0. The lowest BCUT2D eigenvalue weighted by Crippen LogP contribution is -2.00. The summed E-state index contributed by atoms with van der Waals surface area (Å²) in [5.41, 5.74) is 3.95. The fraction of sp³-hybridized carbons (Fsp3) is 0.438. The second-order valence-electron chi connectivity index (χ2n) is 5.11. The van der Waals surface area contributed by atoms with Crippen molar-refractivity contribution in [3.8, 4) is 0 Å². The predicted molar refractivity (Wildman–Crippen MR) is 77.9 cm³/mol. The van der Waals surface area contributed by atoms with Crippen LogP contribution in [0.25, 0.3) is 10.9 Å². The van der Waals surface area contributed by atoms with E-state index in [0.29, 0.717) is 5.56 Å². The summed E-state index contributed by atoms with van der Waals surface area (Å²) in [5.74, 6) is -0.863. The fourth-order valence-electron chi connectivity index (χ4n) is 2.59. The number of aryl methyl sites for hydroxylation is 2. The number of rotatable bonds is 5. The van der Waals surface area contributed by atoms with E-state index in [4.69, 9.17) is 5.11 Å². The van der Waals surface area contributed by atoms with Gasteiger partial charge in [-0.05, 0) is 44.0 Å². The first-order chi connectivity index (χ1) is 9.06. The largest absolute Gasteiger partial charge is 0.478 e. The maximum atomic E-state index is 11.1. The van der Waals surface area contributed by atoms with Gasteiger partial charge < -0.3 is 9.67 Å². The molecule has 0 aliphatic rings. The maximum absolute atomic E-state index is 11.1. The third-order valence-electron chi connectivity index (χ3n) is 3.87. The molecule has 2 aromatic rings. The second-order valence-corrected chi connectivity index (χ2v) is 5.11. The van der Waals surface area contributed by atoms with Crippen LogP contribution in [0, 0.1) is 13.8 Å². The van der Waals surface area contributed by atoms with Crippen LogP contribution in [0.2, 0.25) is 0 Å². The third kappa shape index (κ3) is 2.50. The lowest BCUT2D eigenvalue weighted by atomic mass is 10.1. The van der Waals surface area contributed by atoms with Gasteiger partial charge in [-0.15, -0.1) is 0 Å². The van der Waals surface area contributed by atoms with E-state index < -0.39 is 5.97 Å². The highest BCUT2D eigenvalue weighted by Gasteiger charge is 2.12. The predicted octanol–water partition coefficient (Wildman–Crippen LogP) is 4.15. The van der Waals surface area contributed by atoms with Gasteiger partial charge in [-0.1, -0.05) is 19.8 Å². The zero-order valence-corrected chi connectivity index (χ0v) is 11.9. The fourth-order valence-corrected chi connectivity index (χ4v) is 2.59. The van der Waals surface area contributed by atoms with Crippen molar-refractivity contribution >= 4 is 16.9 Å². The summed E-state index contributed by atoms with van der Waals surface area (Å²) in [6.45, 7) is 7.39. The van der Waals surface area contributed by atoms with Gasteiger partial charge in [0.25, 0.3) is 0 Å². The number of nitrogens with zero attached hydrogens (tertiary/aromatic N) is 1. The van der Waals surface area contributed by atoms with Crippen LogP contribution in [0.4, 0.5) is 0 Å². The van der Waals surface area contributed by atoms with Crippen molar-refractivity contribution < 1.29 is 9.90 Å². The van der Waals surface area contributed by atoms with Crippen LogP contribution in [0.5, 0.6) is 0 Å². The lowest BCUT2D eigenvalue weighted by Gasteiger charge is -2.08. The van der Waals surface area contributed by atoms with Gasteiger partial charge >= 0.3 is 5.97 Å². The first-order valence-corrected chi connectivity index (χ1v) is 6.89. The van der Waals surface area contributed by atoms with Crippen LogP contribution in [0.15, 0.2) is 18.2 Å². The molecule has 1 heterocycles. The van der Waals surface area contributed by atoms with Crippen LogP contribution < -0.4 is 0 Å². The summed E-state index contributed by atoms with van der Waals surface area (Å²) >= 11 is 0. The number of aromatic nitrogens is 1. The molecule has 1 N–H and O–H groups in total. The average Bonchev–Trinajstić information content (AvgIpc) is 2.63. The Morgan fingerprint density at radius 3 is 2.63 bits per heavy atom. The van der Waals surface area contributed by atoms with Gasteiger partial charge in [0.2, 0.25) is 0 Å². The number of hydrogen-bond acceptors (Lipinski definition) is 1. The highest BCUT2D eigenvalue weighted by Crippen LogP contribution is 2.26. The summed E-state index contributed by atoms with van der Waals surface area (Å²) in [4.78, 5) is 11.1. The minimum atomic E-state index is -0.863. The molecule has 0 spiro atoms. The van der Waals surface area contributed by atoms with Crippen molar-refractivity contribution in [1.82, 2.24) is 4.57 Å². The summed E-state index contributed by atoms with van der Waals surface area (Å²) in [6.07, 6.45) is 3.60. The van der Waals surface area contributed by atoms with Crippen LogP contribution >= 0.6 is 0 Å². The van der Waals surface area contributed by atoms with Gasteiger partial charge in [-0.2, -0.15) is 0 Å². The van der Waals surface area contributed by atoms with Gasteiger partial charge in [-0.25, -0.2) is 4.79 Å². The standard InChI is InChI=1S/C16H21NO2/c1-4-5-6-9-17-12(3)11(2)14-10-13(16(18)19)7-8-15(14)17/h7-8,10H,4-6,9H2,1-3H3,(H,18,19). The molecule has 0 atom stereocenters. The number of hydrogen-bond donors (Lipinski definition) is 1. The third-order valence-corrected chi connectivity index (χ3v) is 3.87. The zero-order valence-electron chi connectivity index (χ0n) is 11.9. The number of unbranched alkanes of at least 4 members (excludes halogenated alkanes) is 2. The van der Waals surface area contributed by atoms with E-state index in [-0.39, 0.29) is 0 Å². The molecular weight excluding hydrogens is 238 g/mol. The molecule has 0 radical (unpaired) electrons. The Balaban J connectivity index is 2.47. The van der Waals surface area contributed by atoms with Gasteiger partial charge in [0.05, 0.1) is 5.56 Å². The van der Waals surface area contributed by atoms with Crippen molar-refractivity contribution in [1.29, 1.82) is 0 Å². The first-order valence-electron chi connectivity index (χ1n) is 6.89. The molecule has 3 heteroatoms. The van der Waals surface area contributed by atoms with Gasteiger partial charge in [0, 0.05) is 23.1 Å². The summed E-state index contributed by atoms with van der Waals surface area (Å²) < 4.78 is 2.31. The Kier molecular flexibility index (Phi) is 3.93. The van der Waals surface area contributed by atoms with Gasteiger partial charge in [-0.3, -0.25) is 0 Å². The monoisotopic (exact) mass is 259 g/mol. The lowest BCUT2D eigenvalue weighted by molar-refractivity contribution is 0.0697. The van der Waals surface area contributed by atoms with Crippen LogP contribution in [-0.2, 0) is 6.54 Å². The molecule has 3 nitrogen and oxygen atoms in total. The Labute approximate surface area is 113 Å². The van der Waals surface area contributed by atoms with Gasteiger partial charge in [0.1, 0.15) is 0 Å². The quantitative estimate of drug-likeness (QED) is 0.820. The van der Waals surface area contributed by atoms with E-state index in [9.17, 15) is 4.79 Å². The first kappa shape index (κ1) is 13.7. The molecule has 0 aliphatic carbocycles.